The van der Waals surface area contributed by atoms with Crippen LogP contribution in [0, 0.1) is 0 Å². The molecule has 0 unspecified atom stereocenters. The van der Waals surface area contributed by atoms with E-state index in [0.29, 0.717) is 0 Å². The van der Waals surface area contributed by atoms with E-state index in [0.717, 1.165) is 9.97 Å². The fourth-order valence-corrected chi connectivity index (χ4v) is 2.61. The third-order valence-corrected chi connectivity index (χ3v) is 3.77. The van der Waals surface area contributed by atoms with E-state index in [1.54, 1.807) is 0 Å². The highest BCUT2D eigenvalue weighted by molar-refractivity contribution is 14.1. The lowest BCUT2D eigenvalue weighted by Crippen LogP contribution is -2.38. The number of hydrogen-bond donors (Lipinski definition) is 0. The van der Waals surface area contributed by atoms with E-state index in [9.17, 15) is 0 Å². The van der Waals surface area contributed by atoms with Crippen molar-refractivity contribution in [3.8, 4) is 0 Å². The number of alkyl halides is 1. The molecule has 0 N–H and O–H groups in total. The Kier molecular flexibility index (Phi) is 2.18. The highest BCUT2D eigenvalue weighted by Crippen LogP contribution is 2.29. The third-order valence-electron chi connectivity index (χ3n) is 2.75. The topological polar surface area (TPSA) is 3.24 Å². The molecule has 2 fully saturated rings. The minimum atomic E-state index is 0.943. The molecule has 2 rings (SSSR count). The lowest BCUT2D eigenvalue weighted by molar-refractivity contribution is 0.160. The first-order chi connectivity index (χ1) is 4.86. The first-order valence-corrected chi connectivity index (χ1v) is 5.49. The molecule has 1 aliphatic carbocycles. The number of halogens is 1. The van der Waals surface area contributed by atoms with Crippen molar-refractivity contribution in [3.05, 3.63) is 0 Å². The molecular weight excluding hydrogens is 237 g/mol. The number of nitrogens with zero attached hydrogens (tertiary/aromatic N) is 1. The second-order valence-corrected chi connectivity index (χ2v) is 5.23. The van der Waals surface area contributed by atoms with Crippen molar-refractivity contribution >= 4 is 22.6 Å². The van der Waals surface area contributed by atoms with E-state index < -0.39 is 0 Å². The average Bonchev–Trinajstić information content (AvgIpc) is 2.10. The summed E-state index contributed by atoms with van der Waals surface area (Å²) < 4.78 is 0.943. The van der Waals surface area contributed by atoms with Crippen molar-refractivity contribution in [2.75, 3.05) is 13.1 Å². The summed E-state index contributed by atoms with van der Waals surface area (Å²) in [4.78, 5) is 2.68. The minimum absolute atomic E-state index is 0.943. The lowest BCUT2D eigenvalue weighted by atomic mass is 9.92. The van der Waals surface area contributed by atoms with Gasteiger partial charge in [-0.1, -0.05) is 29.0 Å². The van der Waals surface area contributed by atoms with E-state index in [1.807, 2.05) is 0 Å². The van der Waals surface area contributed by atoms with E-state index in [4.69, 9.17) is 0 Å². The Bertz CT molecular complexity index is 122. The molecule has 0 amide bonds. The molecule has 2 aliphatic rings. The molecule has 0 aromatic rings. The van der Waals surface area contributed by atoms with Gasteiger partial charge in [0.1, 0.15) is 0 Å². The Morgan fingerprint density at radius 2 is 2.00 bits per heavy atom. The Morgan fingerprint density at radius 1 is 1.20 bits per heavy atom. The Morgan fingerprint density at radius 3 is 2.40 bits per heavy atom. The quantitative estimate of drug-likeness (QED) is 0.509. The highest BCUT2D eigenvalue weighted by atomic mass is 127. The van der Waals surface area contributed by atoms with E-state index in [1.165, 1.54) is 38.8 Å². The number of hydrogen-bond acceptors (Lipinski definition) is 1. The van der Waals surface area contributed by atoms with Gasteiger partial charge in [-0.2, -0.15) is 0 Å². The summed E-state index contributed by atoms with van der Waals surface area (Å²) in [6.45, 7) is 2.74. The van der Waals surface area contributed by atoms with Crippen LogP contribution in [0.1, 0.15) is 25.7 Å². The molecule has 1 saturated carbocycles. The van der Waals surface area contributed by atoms with Crippen molar-refractivity contribution in [2.24, 2.45) is 0 Å². The fourth-order valence-electron chi connectivity index (χ4n) is 1.83. The van der Waals surface area contributed by atoms with Gasteiger partial charge in [0, 0.05) is 16.5 Å². The molecular formula is C8H14IN. The normalized spacial score (nSPS) is 36.3. The standard InChI is InChI=1S/C8H14IN/c9-7-4-5-10(6-7)8-2-1-3-8/h7-8H,1-6H2/t7-/m1/s1. The molecule has 0 spiro atoms. The van der Waals surface area contributed by atoms with Crippen LogP contribution in [0.25, 0.3) is 0 Å². The Hall–Kier alpha value is 0.690. The minimum Gasteiger partial charge on any atom is -0.299 e. The van der Waals surface area contributed by atoms with Gasteiger partial charge < -0.3 is 0 Å². The summed E-state index contributed by atoms with van der Waals surface area (Å²) in [7, 11) is 0. The second kappa shape index (κ2) is 2.97. The highest BCUT2D eigenvalue weighted by Gasteiger charge is 2.29. The summed E-state index contributed by atoms with van der Waals surface area (Å²) >= 11 is 2.58. The van der Waals surface area contributed by atoms with Crippen molar-refractivity contribution in [1.82, 2.24) is 4.90 Å². The SMILES string of the molecule is I[C@@H]1CCN(C2CCC2)C1. The largest absolute Gasteiger partial charge is 0.299 e. The van der Waals surface area contributed by atoms with Crippen molar-refractivity contribution in [2.45, 2.75) is 35.6 Å². The molecule has 1 heterocycles. The molecule has 10 heavy (non-hydrogen) atoms. The monoisotopic (exact) mass is 251 g/mol. The van der Waals surface area contributed by atoms with Crippen LogP contribution in [-0.2, 0) is 0 Å². The molecule has 0 aromatic carbocycles. The van der Waals surface area contributed by atoms with E-state index >= 15 is 0 Å². The zero-order chi connectivity index (χ0) is 6.97. The van der Waals surface area contributed by atoms with Crippen LogP contribution < -0.4 is 0 Å². The zero-order valence-electron chi connectivity index (χ0n) is 6.22. The van der Waals surface area contributed by atoms with Gasteiger partial charge in [-0.3, -0.25) is 4.90 Å². The predicted octanol–water partition coefficient (Wildman–Crippen LogP) is 2.05. The molecule has 1 atom stereocenters. The second-order valence-electron chi connectivity index (χ2n) is 3.47. The van der Waals surface area contributed by atoms with Gasteiger partial charge in [0.2, 0.25) is 0 Å². The Balaban J connectivity index is 1.82. The van der Waals surface area contributed by atoms with Crippen molar-refractivity contribution in [3.63, 3.8) is 0 Å². The summed E-state index contributed by atoms with van der Waals surface area (Å²) in [6, 6.07) is 0.986. The van der Waals surface area contributed by atoms with Crippen LogP contribution in [-0.4, -0.2) is 28.0 Å². The molecule has 1 aliphatic heterocycles. The first-order valence-electron chi connectivity index (χ1n) is 4.24. The predicted molar refractivity (Wildman–Crippen MR) is 51.6 cm³/mol. The van der Waals surface area contributed by atoms with Crippen molar-refractivity contribution < 1.29 is 0 Å². The van der Waals surface area contributed by atoms with Gasteiger partial charge in [-0.25, -0.2) is 0 Å². The van der Waals surface area contributed by atoms with Crippen LogP contribution in [0.5, 0.6) is 0 Å². The van der Waals surface area contributed by atoms with E-state index in [2.05, 4.69) is 27.5 Å². The molecule has 0 bridgehead atoms. The molecule has 0 radical (unpaired) electrons. The summed E-state index contributed by atoms with van der Waals surface area (Å²) in [5.41, 5.74) is 0. The van der Waals surface area contributed by atoms with Crippen LogP contribution in [0.3, 0.4) is 0 Å². The van der Waals surface area contributed by atoms with Crippen molar-refractivity contribution in [1.29, 1.82) is 0 Å². The zero-order valence-corrected chi connectivity index (χ0v) is 8.38. The van der Waals surface area contributed by atoms with Crippen LogP contribution in [0.15, 0.2) is 0 Å². The van der Waals surface area contributed by atoms with Crippen LogP contribution >= 0.6 is 22.6 Å². The Labute approximate surface area is 76.3 Å². The molecule has 1 saturated heterocycles. The maximum atomic E-state index is 2.68. The van der Waals surface area contributed by atoms with Gasteiger partial charge in [0.25, 0.3) is 0 Å². The molecule has 1 nitrogen and oxygen atoms in total. The smallest absolute Gasteiger partial charge is 0.0249 e. The first kappa shape index (κ1) is 7.35. The summed E-state index contributed by atoms with van der Waals surface area (Å²) in [6.07, 6.45) is 5.86. The van der Waals surface area contributed by atoms with Crippen LogP contribution in [0.4, 0.5) is 0 Å². The maximum Gasteiger partial charge on any atom is 0.0249 e. The number of rotatable bonds is 1. The molecule has 0 aromatic heterocycles. The van der Waals surface area contributed by atoms with Gasteiger partial charge in [0.15, 0.2) is 0 Å². The van der Waals surface area contributed by atoms with Gasteiger partial charge in [-0.15, -0.1) is 0 Å². The van der Waals surface area contributed by atoms with Crippen LogP contribution in [0.2, 0.25) is 0 Å². The molecule has 58 valence electrons. The van der Waals surface area contributed by atoms with Gasteiger partial charge >= 0.3 is 0 Å². The summed E-state index contributed by atoms with van der Waals surface area (Å²) in [5.74, 6) is 0. The fraction of sp³-hybridized carbons (Fsp3) is 1.00. The van der Waals surface area contributed by atoms with Gasteiger partial charge in [-0.05, 0) is 25.8 Å². The van der Waals surface area contributed by atoms with E-state index in [-0.39, 0.29) is 0 Å². The third kappa shape index (κ3) is 1.33. The summed E-state index contributed by atoms with van der Waals surface area (Å²) in [5, 5.41) is 0. The average molecular weight is 251 g/mol. The molecule has 2 heteroatoms. The van der Waals surface area contributed by atoms with Gasteiger partial charge in [0.05, 0.1) is 0 Å². The number of likely N-dealkylation sites (tertiary alicyclic amines) is 1. The lowest BCUT2D eigenvalue weighted by Gasteiger charge is -2.34. The maximum absolute atomic E-state index is 2.68.